The zero-order chi connectivity index (χ0) is 14.8. The van der Waals surface area contributed by atoms with Crippen LogP contribution in [0.4, 0.5) is 0 Å². The summed E-state index contributed by atoms with van der Waals surface area (Å²) >= 11 is 0. The van der Waals surface area contributed by atoms with Crippen molar-refractivity contribution in [3.05, 3.63) is 0 Å². The standard InChI is InChI=1S/C12H22N2O5/c1-4-19-11(16)6-5-7-13-10(15)8-14(3)9(2)12(17)18/h9H,4-8H2,1-3H3,(H,13,15)(H,17,18). The van der Waals surface area contributed by atoms with Gasteiger partial charge in [0.1, 0.15) is 6.04 Å². The second kappa shape index (κ2) is 9.32. The molecule has 0 saturated heterocycles. The van der Waals surface area contributed by atoms with Crippen LogP contribution in [0.1, 0.15) is 26.7 Å². The first-order chi connectivity index (χ1) is 8.88. The predicted octanol–water partition coefficient (Wildman–Crippen LogP) is -0.149. The molecule has 0 aliphatic rings. The summed E-state index contributed by atoms with van der Waals surface area (Å²) in [6.07, 6.45) is 0.762. The number of carbonyl (C=O) groups excluding carboxylic acids is 2. The lowest BCUT2D eigenvalue weighted by Gasteiger charge is -2.20. The van der Waals surface area contributed by atoms with Crippen LogP contribution in [0.3, 0.4) is 0 Å². The number of likely N-dealkylation sites (N-methyl/N-ethyl adjacent to an activating group) is 1. The maximum Gasteiger partial charge on any atom is 0.320 e. The van der Waals surface area contributed by atoms with Crippen LogP contribution in [0.2, 0.25) is 0 Å². The van der Waals surface area contributed by atoms with Crippen molar-refractivity contribution in [3.63, 3.8) is 0 Å². The van der Waals surface area contributed by atoms with E-state index in [4.69, 9.17) is 9.84 Å². The van der Waals surface area contributed by atoms with Gasteiger partial charge in [0.05, 0.1) is 13.2 Å². The van der Waals surface area contributed by atoms with Crippen LogP contribution in [0, 0.1) is 0 Å². The molecule has 7 heteroatoms. The molecule has 0 aliphatic heterocycles. The highest BCUT2D eigenvalue weighted by Crippen LogP contribution is 1.95. The van der Waals surface area contributed by atoms with Gasteiger partial charge in [-0.15, -0.1) is 0 Å². The Hall–Kier alpha value is -1.63. The monoisotopic (exact) mass is 274 g/mol. The van der Waals surface area contributed by atoms with Gasteiger partial charge < -0.3 is 15.2 Å². The van der Waals surface area contributed by atoms with E-state index in [-0.39, 0.29) is 24.8 Å². The fourth-order valence-corrected chi connectivity index (χ4v) is 1.30. The van der Waals surface area contributed by atoms with E-state index in [0.717, 1.165) is 0 Å². The number of nitrogens with one attached hydrogen (secondary N) is 1. The largest absolute Gasteiger partial charge is 0.480 e. The highest BCUT2D eigenvalue weighted by atomic mass is 16.5. The van der Waals surface area contributed by atoms with Crippen LogP contribution in [-0.2, 0) is 19.1 Å². The van der Waals surface area contributed by atoms with E-state index in [1.165, 1.54) is 11.8 Å². The van der Waals surface area contributed by atoms with Crippen LogP contribution in [0.15, 0.2) is 0 Å². The first kappa shape index (κ1) is 17.4. The van der Waals surface area contributed by atoms with Crippen molar-refractivity contribution in [3.8, 4) is 0 Å². The third-order valence-corrected chi connectivity index (χ3v) is 2.60. The van der Waals surface area contributed by atoms with Gasteiger partial charge in [0.15, 0.2) is 0 Å². The molecular weight excluding hydrogens is 252 g/mol. The molecule has 0 fully saturated rings. The van der Waals surface area contributed by atoms with Gasteiger partial charge in [0.25, 0.3) is 0 Å². The third-order valence-electron chi connectivity index (χ3n) is 2.60. The Kier molecular flexibility index (Phi) is 8.52. The van der Waals surface area contributed by atoms with Gasteiger partial charge in [0.2, 0.25) is 5.91 Å². The highest BCUT2D eigenvalue weighted by molar-refractivity contribution is 5.79. The number of carboxylic acids is 1. The number of amides is 1. The van der Waals surface area contributed by atoms with Crippen molar-refractivity contribution in [2.45, 2.75) is 32.7 Å². The molecular formula is C12H22N2O5. The normalized spacial score (nSPS) is 12.0. The van der Waals surface area contributed by atoms with Crippen molar-refractivity contribution in [2.75, 3.05) is 26.7 Å². The van der Waals surface area contributed by atoms with Gasteiger partial charge in [0, 0.05) is 13.0 Å². The maximum atomic E-state index is 11.5. The van der Waals surface area contributed by atoms with Crippen molar-refractivity contribution in [1.29, 1.82) is 0 Å². The van der Waals surface area contributed by atoms with Crippen molar-refractivity contribution in [1.82, 2.24) is 10.2 Å². The molecule has 1 unspecified atom stereocenters. The number of nitrogens with zero attached hydrogens (tertiary/aromatic N) is 1. The Balaban J connectivity index is 3.76. The Morgan fingerprint density at radius 2 is 2.00 bits per heavy atom. The lowest BCUT2D eigenvalue weighted by Crippen LogP contribution is -2.43. The lowest BCUT2D eigenvalue weighted by atomic mass is 10.3. The average Bonchev–Trinajstić information content (AvgIpc) is 2.33. The molecule has 0 spiro atoms. The lowest BCUT2D eigenvalue weighted by molar-refractivity contribution is -0.144. The summed E-state index contributed by atoms with van der Waals surface area (Å²) in [5.74, 6) is -1.52. The van der Waals surface area contributed by atoms with E-state index >= 15 is 0 Å². The van der Waals surface area contributed by atoms with E-state index in [0.29, 0.717) is 19.6 Å². The number of aliphatic carboxylic acids is 1. The van der Waals surface area contributed by atoms with Crippen LogP contribution in [0.25, 0.3) is 0 Å². The molecule has 110 valence electrons. The van der Waals surface area contributed by atoms with Crippen molar-refractivity contribution >= 4 is 17.8 Å². The molecule has 0 radical (unpaired) electrons. The topological polar surface area (TPSA) is 95.9 Å². The van der Waals surface area contributed by atoms with Crippen LogP contribution >= 0.6 is 0 Å². The molecule has 0 rings (SSSR count). The minimum atomic E-state index is -0.974. The third kappa shape index (κ3) is 8.15. The van der Waals surface area contributed by atoms with Gasteiger partial charge in [-0.1, -0.05) is 0 Å². The Labute approximate surface area is 112 Å². The molecule has 0 aliphatic carbocycles. The fraction of sp³-hybridized carbons (Fsp3) is 0.750. The Bertz CT molecular complexity index is 319. The minimum absolute atomic E-state index is 0.00682. The number of hydrogen-bond donors (Lipinski definition) is 2. The van der Waals surface area contributed by atoms with Gasteiger partial charge >= 0.3 is 11.9 Å². The molecule has 7 nitrogen and oxygen atoms in total. The Morgan fingerprint density at radius 1 is 1.37 bits per heavy atom. The number of esters is 1. The summed E-state index contributed by atoms with van der Waals surface area (Å²) in [5.41, 5.74) is 0. The average molecular weight is 274 g/mol. The molecule has 19 heavy (non-hydrogen) atoms. The molecule has 1 amide bonds. The summed E-state index contributed by atoms with van der Waals surface area (Å²) in [5, 5.41) is 11.4. The van der Waals surface area contributed by atoms with Gasteiger partial charge in [-0.3, -0.25) is 19.3 Å². The van der Waals surface area contributed by atoms with E-state index < -0.39 is 12.0 Å². The Morgan fingerprint density at radius 3 is 2.53 bits per heavy atom. The van der Waals surface area contributed by atoms with Gasteiger partial charge in [-0.2, -0.15) is 0 Å². The summed E-state index contributed by atoms with van der Waals surface area (Å²) in [7, 11) is 1.57. The smallest absolute Gasteiger partial charge is 0.320 e. The maximum absolute atomic E-state index is 11.5. The second-order valence-corrected chi connectivity index (χ2v) is 4.19. The zero-order valence-corrected chi connectivity index (χ0v) is 11.6. The second-order valence-electron chi connectivity index (χ2n) is 4.19. The molecule has 2 N–H and O–H groups in total. The molecule has 0 bridgehead atoms. The van der Waals surface area contributed by atoms with E-state index in [2.05, 4.69) is 5.32 Å². The number of carboxylic acid groups (broad SMARTS) is 1. The van der Waals surface area contributed by atoms with Crippen molar-refractivity contribution in [2.24, 2.45) is 0 Å². The first-order valence-electron chi connectivity index (χ1n) is 6.23. The quantitative estimate of drug-likeness (QED) is 0.448. The minimum Gasteiger partial charge on any atom is -0.480 e. The van der Waals surface area contributed by atoms with Crippen LogP contribution in [0.5, 0.6) is 0 Å². The van der Waals surface area contributed by atoms with E-state index in [1.807, 2.05) is 0 Å². The molecule has 0 heterocycles. The molecule has 1 atom stereocenters. The fourth-order valence-electron chi connectivity index (χ4n) is 1.30. The molecule has 0 aromatic carbocycles. The van der Waals surface area contributed by atoms with Crippen molar-refractivity contribution < 1.29 is 24.2 Å². The summed E-state index contributed by atoms with van der Waals surface area (Å²) in [6.45, 7) is 3.97. The number of hydrogen-bond acceptors (Lipinski definition) is 5. The van der Waals surface area contributed by atoms with E-state index in [1.54, 1.807) is 14.0 Å². The van der Waals surface area contributed by atoms with E-state index in [9.17, 15) is 14.4 Å². The van der Waals surface area contributed by atoms with Gasteiger partial charge in [-0.05, 0) is 27.3 Å². The molecule has 0 aromatic rings. The molecule has 0 aromatic heterocycles. The van der Waals surface area contributed by atoms with Crippen LogP contribution in [-0.4, -0.2) is 60.6 Å². The SMILES string of the molecule is CCOC(=O)CCCNC(=O)CN(C)C(C)C(=O)O. The number of carbonyl (C=O) groups is 3. The summed E-state index contributed by atoms with van der Waals surface area (Å²) in [6, 6.07) is -0.717. The summed E-state index contributed by atoms with van der Waals surface area (Å²) < 4.78 is 4.75. The highest BCUT2D eigenvalue weighted by Gasteiger charge is 2.18. The van der Waals surface area contributed by atoms with Crippen LogP contribution < -0.4 is 5.32 Å². The molecule has 0 saturated carbocycles. The number of ether oxygens (including phenoxy) is 1. The predicted molar refractivity (Wildman–Crippen MR) is 68.6 cm³/mol. The zero-order valence-electron chi connectivity index (χ0n) is 11.6. The first-order valence-corrected chi connectivity index (χ1v) is 6.23. The van der Waals surface area contributed by atoms with Gasteiger partial charge in [-0.25, -0.2) is 0 Å². The summed E-state index contributed by atoms with van der Waals surface area (Å²) in [4.78, 5) is 34.6. The number of rotatable bonds is 9.